The van der Waals surface area contributed by atoms with Crippen molar-refractivity contribution >= 4 is 70.2 Å². The minimum absolute atomic E-state index is 0.0215. The molecule has 13 N–H and O–H groups in total. The standard InChI is InChI=1S/C66H114N17O17P3/c1-47-37-80(61(87)36-75-62(88)52(22-16-24-73-64(67)68)34-60(86)58(33-51-20-14-11-15-21-51)76-63(89)53(32-50-18-12-10-13-19-50)35-59(85)57(72-5)23-17-25-74-65(69)70)40-54(98-47)43-95-101(91,46-71-4)82-38-48(2)99-55(41-82)44-97-103(93,78(8)9)83-39-49(3)100-56(42-83)45-96-102(92,77(6)7)81-28-26-79(27-29-81)66(90)94-31-30-84/h10-15,18-21,47-49,52-58,71-72,84H,16-17,22-46H2,1-9H3,(H,75,88)(H,76,89)(H4,67,68,73)(H4,69,70,74). The molecule has 0 radical (unpaired) electrons. The third kappa shape index (κ3) is 27.1. The Morgan fingerprint density at radius 3 is 1.64 bits per heavy atom. The van der Waals surface area contributed by atoms with Crippen LogP contribution in [0.1, 0.15) is 70.4 Å². The van der Waals surface area contributed by atoms with Crippen LogP contribution >= 0.6 is 22.9 Å². The number of Topliss-reactive ketones (excluding diaryl/α,β-unsaturated/α-hetero) is 2. The van der Waals surface area contributed by atoms with Gasteiger partial charge in [0.15, 0.2) is 23.5 Å². The fourth-order valence-electron chi connectivity index (χ4n) is 12.8. The summed E-state index contributed by atoms with van der Waals surface area (Å²) in [5, 5.41) is 20.9. The topological polar surface area (TPSA) is 438 Å². The van der Waals surface area contributed by atoms with Gasteiger partial charge in [-0.1, -0.05) is 60.7 Å². The maximum absolute atomic E-state index is 15.2. The monoisotopic (exact) mass is 1510 g/mol. The van der Waals surface area contributed by atoms with E-state index in [0.717, 1.165) is 11.1 Å². The first-order valence-corrected chi connectivity index (χ1v) is 40.1. The van der Waals surface area contributed by atoms with Crippen LogP contribution in [0.25, 0.3) is 0 Å². The number of nitrogens with two attached hydrogens (primary N) is 4. The van der Waals surface area contributed by atoms with Crippen molar-refractivity contribution in [3.63, 3.8) is 0 Å². The average molecular weight is 1510 g/mol. The Morgan fingerprint density at radius 2 is 1.10 bits per heavy atom. The Morgan fingerprint density at radius 1 is 0.602 bits per heavy atom. The van der Waals surface area contributed by atoms with Gasteiger partial charge in [0.2, 0.25) is 17.7 Å². The van der Waals surface area contributed by atoms with E-state index in [1.165, 1.54) is 19.1 Å². The summed E-state index contributed by atoms with van der Waals surface area (Å²) in [5.74, 6) is -4.28. The van der Waals surface area contributed by atoms with Gasteiger partial charge in [0.05, 0.1) is 88.0 Å². The van der Waals surface area contributed by atoms with Crippen LogP contribution in [-0.2, 0) is 83.0 Å². The van der Waals surface area contributed by atoms with Gasteiger partial charge in [0.25, 0.3) is 7.52 Å². The molecule has 34 nitrogen and oxygen atoms in total. The summed E-state index contributed by atoms with van der Waals surface area (Å²) >= 11 is 0. The van der Waals surface area contributed by atoms with E-state index >= 15 is 9.13 Å². The Bertz CT molecular complexity index is 3230. The molecule has 4 fully saturated rings. The Labute approximate surface area is 606 Å². The number of aliphatic imine (C=N–C) groups is 2. The summed E-state index contributed by atoms with van der Waals surface area (Å²) in [5.41, 5.74) is 23.9. The predicted octanol–water partition coefficient (Wildman–Crippen LogP) is 1.22. The van der Waals surface area contributed by atoms with Gasteiger partial charge in [-0.15, -0.1) is 0 Å². The number of nitrogens with one attached hydrogen (secondary N) is 4. The number of rotatable bonds is 42. The van der Waals surface area contributed by atoms with E-state index in [4.69, 9.17) is 60.6 Å². The lowest BCUT2D eigenvalue weighted by molar-refractivity contribution is -0.147. The first-order chi connectivity index (χ1) is 49.0. The number of likely N-dealkylation sites (N-methyl/N-ethyl adjacent to an activating group) is 1. The van der Waals surface area contributed by atoms with Crippen LogP contribution < -0.4 is 44.2 Å². The molecule has 37 heteroatoms. The molecular weight excluding hydrogens is 1400 g/mol. The first-order valence-electron chi connectivity index (χ1n) is 35.2. The minimum Gasteiger partial charge on any atom is -0.447 e. The second-order valence-electron chi connectivity index (χ2n) is 26.9. The number of hydrogen-bond donors (Lipinski definition) is 9. The molecule has 580 valence electrons. The van der Waals surface area contributed by atoms with Crippen molar-refractivity contribution in [1.82, 2.24) is 54.4 Å². The van der Waals surface area contributed by atoms with Gasteiger partial charge in [0.1, 0.15) is 6.61 Å². The molecule has 4 amide bonds. The lowest BCUT2D eigenvalue weighted by atomic mass is 9.88. The van der Waals surface area contributed by atoms with Crippen LogP contribution in [0.15, 0.2) is 70.6 Å². The number of guanidine groups is 2. The fourth-order valence-corrected chi connectivity index (χ4v) is 19.0. The maximum Gasteiger partial charge on any atom is 0.409 e. The summed E-state index contributed by atoms with van der Waals surface area (Å²) < 4.78 is 95.9. The summed E-state index contributed by atoms with van der Waals surface area (Å²) in [6.07, 6.45) is -3.05. The number of aliphatic hydroxyl groups excluding tert-OH is 1. The Kier molecular flexibility index (Phi) is 35.5. The van der Waals surface area contributed by atoms with Crippen LogP contribution in [0.5, 0.6) is 0 Å². The molecule has 0 aromatic heterocycles. The highest BCUT2D eigenvalue weighted by Crippen LogP contribution is 2.56. The second-order valence-corrected chi connectivity index (χ2v) is 34.5. The minimum atomic E-state index is -3.82. The number of piperazine rings is 1. The van der Waals surface area contributed by atoms with Gasteiger partial charge in [-0.05, 0) is 113 Å². The fraction of sp³-hybridized carbons (Fsp3) is 0.697. The molecule has 2 aromatic carbocycles. The van der Waals surface area contributed by atoms with E-state index in [2.05, 4.69) is 31.3 Å². The van der Waals surface area contributed by atoms with E-state index in [0.29, 0.717) is 25.8 Å². The van der Waals surface area contributed by atoms with Gasteiger partial charge < -0.3 is 91.6 Å². The van der Waals surface area contributed by atoms with Crippen LogP contribution in [0.2, 0.25) is 0 Å². The van der Waals surface area contributed by atoms with E-state index in [1.807, 2.05) is 74.5 Å². The Hall–Kier alpha value is -5.87. The number of benzene rings is 2. The average Bonchev–Trinajstić information content (AvgIpc) is 0.795. The largest absolute Gasteiger partial charge is 0.447 e. The summed E-state index contributed by atoms with van der Waals surface area (Å²) in [6.45, 7) is 6.29. The van der Waals surface area contributed by atoms with Crippen molar-refractivity contribution in [2.24, 2.45) is 44.8 Å². The highest BCUT2D eigenvalue weighted by atomic mass is 31.2. The first kappa shape index (κ1) is 86.1. The van der Waals surface area contributed by atoms with Gasteiger partial charge >= 0.3 is 21.4 Å². The molecule has 0 saturated carbocycles. The lowest BCUT2D eigenvalue weighted by Gasteiger charge is -2.44. The second kappa shape index (κ2) is 42.5. The molecule has 4 saturated heterocycles. The number of ketones is 2. The van der Waals surface area contributed by atoms with Gasteiger partial charge in [-0.25, -0.2) is 28.1 Å². The van der Waals surface area contributed by atoms with Crippen LogP contribution in [0, 0.1) is 11.8 Å². The van der Waals surface area contributed by atoms with E-state index < -0.39 is 120 Å². The number of morpholine rings is 3. The molecule has 13 unspecified atom stereocenters. The number of aliphatic hydroxyl groups is 1. The summed E-state index contributed by atoms with van der Waals surface area (Å²) in [7, 11) is -1.30. The number of hydrogen-bond acceptors (Lipinski definition) is 21. The molecule has 103 heavy (non-hydrogen) atoms. The van der Waals surface area contributed by atoms with Crippen molar-refractivity contribution in [2.75, 3.05) is 167 Å². The van der Waals surface area contributed by atoms with Crippen LogP contribution in [0.4, 0.5) is 4.79 Å². The number of amides is 4. The van der Waals surface area contributed by atoms with Crippen LogP contribution in [0.3, 0.4) is 0 Å². The molecule has 4 heterocycles. The zero-order chi connectivity index (χ0) is 75.4. The van der Waals surface area contributed by atoms with Crippen molar-refractivity contribution in [2.45, 2.75) is 121 Å². The van der Waals surface area contributed by atoms with Gasteiger partial charge in [0, 0.05) is 103 Å². The number of nitrogens with zero attached hydrogens (tertiary/aromatic N) is 9. The molecule has 4 aliphatic rings. The van der Waals surface area contributed by atoms with Crippen molar-refractivity contribution in [1.29, 1.82) is 0 Å². The summed E-state index contributed by atoms with van der Waals surface area (Å²) in [4.78, 5) is 95.5. The highest BCUT2D eigenvalue weighted by Gasteiger charge is 2.46. The van der Waals surface area contributed by atoms with Crippen molar-refractivity contribution < 1.29 is 80.1 Å². The molecular formula is C66H114N17O17P3. The molecule has 6 rings (SSSR count). The van der Waals surface area contributed by atoms with Crippen molar-refractivity contribution in [3.05, 3.63) is 71.8 Å². The molecule has 2 aromatic rings. The number of carbonyl (C=O) groups excluding carboxylic acids is 6. The Balaban J connectivity index is 1.08. The molecule has 4 aliphatic heterocycles. The lowest BCUT2D eigenvalue weighted by Crippen LogP contribution is -2.53. The van der Waals surface area contributed by atoms with E-state index in [-0.39, 0.29) is 161 Å². The molecule has 0 aliphatic carbocycles. The molecule has 0 bridgehead atoms. The molecule has 0 spiro atoms. The highest BCUT2D eigenvalue weighted by molar-refractivity contribution is 7.56. The number of carbonyl (C=O) groups is 6. The SMILES string of the molecule is CNCP(=O)(OCC1CN(C(=O)CNC(=O)C(CCCN=C(N)N)CC(=O)C(Cc2ccccc2)NC(=O)C(CC(=O)C(CCCN=C(N)N)NC)Cc2ccccc2)CC(C)O1)N1CC(C)OC(COP(=O)(N(C)C)N2CC(C)OC(COP(=O)(N(C)C)N3CCN(C(=O)OCCO)CC3)C2)C1. The maximum atomic E-state index is 15.2. The molecule has 13 atom stereocenters. The zero-order valence-electron chi connectivity index (χ0n) is 61.3. The normalized spacial score (nSPS) is 23.0. The zero-order valence-corrected chi connectivity index (χ0v) is 64.0. The smallest absolute Gasteiger partial charge is 0.409 e. The van der Waals surface area contributed by atoms with E-state index in [9.17, 15) is 33.3 Å². The quantitative estimate of drug-likeness (QED) is 0.0195. The predicted molar refractivity (Wildman–Crippen MR) is 390 cm³/mol. The third-order valence-electron chi connectivity index (χ3n) is 18.0. The van der Waals surface area contributed by atoms with Crippen molar-refractivity contribution in [3.8, 4) is 0 Å². The van der Waals surface area contributed by atoms with E-state index in [1.54, 1.807) is 63.2 Å². The van der Waals surface area contributed by atoms with Crippen LogP contribution in [-0.4, -0.2) is 301 Å². The third-order valence-corrected chi connectivity index (χ3v) is 25.6. The summed E-state index contributed by atoms with van der Waals surface area (Å²) in [6, 6.07) is 16.6. The van der Waals surface area contributed by atoms with Gasteiger partial charge in [-0.2, -0.15) is 0 Å². The van der Waals surface area contributed by atoms with Gasteiger partial charge in [-0.3, -0.25) is 47.7 Å². The number of ether oxygens (including phenoxy) is 4.